The molecule has 0 spiro atoms. The largest absolute Gasteiger partial charge is 0.497 e. The van der Waals surface area contributed by atoms with Crippen molar-refractivity contribution in [1.82, 2.24) is 0 Å². The van der Waals surface area contributed by atoms with Crippen LogP contribution in [-0.4, -0.2) is 7.11 Å². The summed E-state index contributed by atoms with van der Waals surface area (Å²) < 4.78 is 5.15. The number of ether oxygens (including phenoxy) is 1. The van der Waals surface area contributed by atoms with E-state index in [-0.39, 0.29) is 5.41 Å². The highest BCUT2D eigenvalue weighted by atomic mass is 16.5. The molecule has 0 aliphatic rings. The molecule has 0 saturated carbocycles. The molecule has 0 heterocycles. The summed E-state index contributed by atoms with van der Waals surface area (Å²) in [7, 11) is 1.63. The summed E-state index contributed by atoms with van der Waals surface area (Å²) in [6, 6.07) is 14.1. The molecule has 3 heteroatoms. The van der Waals surface area contributed by atoms with Gasteiger partial charge in [0.2, 0.25) is 0 Å². The highest BCUT2D eigenvalue weighted by molar-refractivity contribution is 5.73. The molecular formula is C17H22N2O. The van der Waals surface area contributed by atoms with Gasteiger partial charge in [-0.25, -0.2) is 0 Å². The number of nitrogens with two attached hydrogens (primary N) is 1. The summed E-state index contributed by atoms with van der Waals surface area (Å²) in [6.07, 6.45) is 0. The van der Waals surface area contributed by atoms with Crippen LogP contribution in [0.1, 0.15) is 26.3 Å². The molecule has 0 aliphatic carbocycles. The molecule has 2 rings (SSSR count). The summed E-state index contributed by atoms with van der Waals surface area (Å²) in [5, 5.41) is 3.32. The zero-order valence-corrected chi connectivity index (χ0v) is 12.5. The Morgan fingerprint density at radius 3 is 2.15 bits per heavy atom. The van der Waals surface area contributed by atoms with Gasteiger partial charge in [0.1, 0.15) is 5.75 Å². The van der Waals surface area contributed by atoms with E-state index in [0.717, 1.165) is 17.1 Å². The molecule has 2 aromatic carbocycles. The Hall–Kier alpha value is -2.16. The van der Waals surface area contributed by atoms with E-state index in [9.17, 15) is 0 Å². The number of anilines is 3. The quantitative estimate of drug-likeness (QED) is 0.817. The van der Waals surface area contributed by atoms with E-state index in [4.69, 9.17) is 10.5 Å². The number of nitrogens with one attached hydrogen (secondary N) is 1. The van der Waals surface area contributed by atoms with Crippen molar-refractivity contribution in [1.29, 1.82) is 0 Å². The van der Waals surface area contributed by atoms with Crippen molar-refractivity contribution in [3.05, 3.63) is 48.0 Å². The maximum atomic E-state index is 6.00. The van der Waals surface area contributed by atoms with Crippen molar-refractivity contribution in [3.8, 4) is 5.75 Å². The predicted molar refractivity (Wildman–Crippen MR) is 85.8 cm³/mol. The fourth-order valence-electron chi connectivity index (χ4n) is 1.99. The molecule has 0 bridgehead atoms. The predicted octanol–water partition coefficient (Wildman–Crippen LogP) is 4.32. The lowest BCUT2D eigenvalue weighted by molar-refractivity contribution is 0.415. The Kier molecular flexibility index (Phi) is 3.89. The molecular weight excluding hydrogens is 248 g/mol. The van der Waals surface area contributed by atoms with E-state index >= 15 is 0 Å². The van der Waals surface area contributed by atoms with Crippen molar-refractivity contribution >= 4 is 17.1 Å². The number of hydrogen-bond acceptors (Lipinski definition) is 3. The maximum Gasteiger partial charge on any atom is 0.121 e. The number of rotatable bonds is 3. The second-order valence-electron chi connectivity index (χ2n) is 5.91. The molecule has 3 nitrogen and oxygen atoms in total. The van der Waals surface area contributed by atoms with Gasteiger partial charge in [0.05, 0.1) is 18.5 Å². The molecule has 0 amide bonds. The van der Waals surface area contributed by atoms with Crippen molar-refractivity contribution in [2.75, 3.05) is 18.2 Å². The Labute approximate surface area is 120 Å². The number of benzene rings is 2. The first kappa shape index (κ1) is 14.3. The molecule has 20 heavy (non-hydrogen) atoms. The Bertz CT molecular complexity index is 583. The summed E-state index contributed by atoms with van der Waals surface area (Å²) in [5.41, 5.74) is 10.1. The molecule has 0 atom stereocenters. The third kappa shape index (κ3) is 3.23. The van der Waals surface area contributed by atoms with Crippen molar-refractivity contribution in [2.24, 2.45) is 0 Å². The molecule has 2 aromatic rings. The third-order valence-electron chi connectivity index (χ3n) is 3.29. The Morgan fingerprint density at radius 2 is 1.65 bits per heavy atom. The fourth-order valence-corrected chi connectivity index (χ4v) is 1.99. The average molecular weight is 270 g/mol. The van der Waals surface area contributed by atoms with E-state index in [2.05, 4.69) is 50.4 Å². The fraction of sp³-hybridized carbons (Fsp3) is 0.294. The Morgan fingerprint density at radius 1 is 1.00 bits per heavy atom. The monoisotopic (exact) mass is 270 g/mol. The molecule has 0 aliphatic heterocycles. The van der Waals surface area contributed by atoms with E-state index in [1.54, 1.807) is 7.11 Å². The summed E-state index contributed by atoms with van der Waals surface area (Å²) >= 11 is 0. The first-order valence-corrected chi connectivity index (χ1v) is 6.71. The van der Waals surface area contributed by atoms with Gasteiger partial charge in [0.15, 0.2) is 0 Å². The van der Waals surface area contributed by atoms with E-state index in [1.807, 2.05) is 18.2 Å². The normalized spacial score (nSPS) is 11.2. The highest BCUT2D eigenvalue weighted by Gasteiger charge is 2.12. The van der Waals surface area contributed by atoms with Gasteiger partial charge in [-0.15, -0.1) is 0 Å². The standard InChI is InChI=1S/C17H22N2O/c1-17(2,3)12-5-7-13(8-6-12)19-16-10-9-14(20-4)11-15(16)18/h5-11,19H,18H2,1-4H3. The van der Waals surface area contributed by atoms with Gasteiger partial charge in [0.25, 0.3) is 0 Å². The first-order valence-electron chi connectivity index (χ1n) is 6.71. The molecule has 0 saturated heterocycles. The zero-order valence-electron chi connectivity index (χ0n) is 12.5. The second-order valence-corrected chi connectivity index (χ2v) is 5.91. The van der Waals surface area contributed by atoms with Crippen LogP contribution in [0.2, 0.25) is 0 Å². The van der Waals surface area contributed by atoms with Crippen LogP contribution in [0.25, 0.3) is 0 Å². The van der Waals surface area contributed by atoms with Crippen LogP contribution in [0.15, 0.2) is 42.5 Å². The number of nitrogen functional groups attached to an aromatic ring is 1. The van der Waals surface area contributed by atoms with Gasteiger partial charge in [-0.05, 0) is 35.2 Å². The molecule has 0 aromatic heterocycles. The minimum Gasteiger partial charge on any atom is -0.497 e. The average Bonchev–Trinajstić information content (AvgIpc) is 2.40. The third-order valence-corrected chi connectivity index (χ3v) is 3.29. The van der Waals surface area contributed by atoms with Crippen LogP contribution >= 0.6 is 0 Å². The first-order chi connectivity index (χ1) is 9.40. The van der Waals surface area contributed by atoms with Gasteiger partial charge >= 0.3 is 0 Å². The van der Waals surface area contributed by atoms with Crippen molar-refractivity contribution in [3.63, 3.8) is 0 Å². The van der Waals surface area contributed by atoms with Gasteiger partial charge in [-0.3, -0.25) is 0 Å². The summed E-state index contributed by atoms with van der Waals surface area (Å²) in [6.45, 7) is 6.62. The van der Waals surface area contributed by atoms with E-state index in [0.29, 0.717) is 5.69 Å². The van der Waals surface area contributed by atoms with E-state index in [1.165, 1.54) is 5.56 Å². The van der Waals surface area contributed by atoms with Crippen molar-refractivity contribution in [2.45, 2.75) is 26.2 Å². The smallest absolute Gasteiger partial charge is 0.121 e. The summed E-state index contributed by atoms with van der Waals surface area (Å²) in [4.78, 5) is 0. The highest BCUT2D eigenvalue weighted by Crippen LogP contribution is 2.28. The van der Waals surface area contributed by atoms with Crippen LogP contribution in [-0.2, 0) is 5.41 Å². The van der Waals surface area contributed by atoms with Crippen LogP contribution in [0, 0.1) is 0 Å². The lowest BCUT2D eigenvalue weighted by Crippen LogP contribution is -2.10. The summed E-state index contributed by atoms with van der Waals surface area (Å²) in [5.74, 6) is 0.760. The minimum atomic E-state index is 0.164. The van der Waals surface area contributed by atoms with Gasteiger partial charge < -0.3 is 15.8 Å². The van der Waals surface area contributed by atoms with Crippen LogP contribution in [0.5, 0.6) is 5.75 Å². The Balaban J connectivity index is 2.18. The zero-order chi connectivity index (χ0) is 14.8. The molecule has 0 radical (unpaired) electrons. The SMILES string of the molecule is COc1ccc(Nc2ccc(C(C)(C)C)cc2)c(N)c1. The van der Waals surface area contributed by atoms with Crippen LogP contribution in [0.3, 0.4) is 0 Å². The molecule has 3 N–H and O–H groups in total. The van der Waals surface area contributed by atoms with Crippen LogP contribution < -0.4 is 15.8 Å². The van der Waals surface area contributed by atoms with Gasteiger partial charge in [0, 0.05) is 11.8 Å². The van der Waals surface area contributed by atoms with Crippen molar-refractivity contribution < 1.29 is 4.74 Å². The van der Waals surface area contributed by atoms with Crippen LogP contribution in [0.4, 0.5) is 17.1 Å². The molecule has 106 valence electrons. The molecule has 0 fully saturated rings. The van der Waals surface area contributed by atoms with Gasteiger partial charge in [-0.1, -0.05) is 32.9 Å². The number of hydrogen-bond donors (Lipinski definition) is 2. The second kappa shape index (κ2) is 5.45. The lowest BCUT2D eigenvalue weighted by atomic mass is 9.87. The topological polar surface area (TPSA) is 47.3 Å². The molecule has 0 unspecified atom stereocenters. The number of methoxy groups -OCH3 is 1. The van der Waals surface area contributed by atoms with Gasteiger partial charge in [-0.2, -0.15) is 0 Å². The minimum absolute atomic E-state index is 0.164. The van der Waals surface area contributed by atoms with E-state index < -0.39 is 0 Å². The lowest BCUT2D eigenvalue weighted by Gasteiger charge is -2.19. The maximum absolute atomic E-state index is 6.00.